The fourth-order valence-corrected chi connectivity index (χ4v) is 2.99. The molecule has 0 saturated carbocycles. The van der Waals surface area contributed by atoms with Gasteiger partial charge in [0.1, 0.15) is 12.4 Å². The summed E-state index contributed by atoms with van der Waals surface area (Å²) in [7, 11) is 0. The van der Waals surface area contributed by atoms with E-state index in [1.165, 1.54) is 12.4 Å². The highest BCUT2D eigenvalue weighted by Gasteiger charge is 2.30. The summed E-state index contributed by atoms with van der Waals surface area (Å²) in [6.45, 7) is 7.19. The average Bonchev–Trinajstić information content (AvgIpc) is 2.89. The Kier molecular flexibility index (Phi) is 6.13. The molecule has 25 heavy (non-hydrogen) atoms. The van der Waals surface area contributed by atoms with Crippen LogP contribution in [0.5, 0.6) is 0 Å². The second-order valence-electron chi connectivity index (χ2n) is 7.79. The number of nitrogens with one attached hydrogen (secondary N) is 1. The minimum absolute atomic E-state index is 0.0188. The smallest absolute Gasteiger partial charge is 0.355 e. The number of hydrogen-bond acceptors (Lipinski definition) is 3. The summed E-state index contributed by atoms with van der Waals surface area (Å²) < 4.78 is 39.0. The van der Waals surface area contributed by atoms with E-state index in [0.717, 1.165) is 30.5 Å². The molecule has 142 valence electrons. The first kappa shape index (κ1) is 19.8. The number of likely N-dealkylation sites (tertiary alicyclic amines) is 1. The number of amides is 1. The van der Waals surface area contributed by atoms with Crippen molar-refractivity contribution in [2.45, 2.75) is 52.9 Å². The first-order valence-electron chi connectivity index (χ1n) is 8.62. The molecular formula is C17H27F3N4O. The third-order valence-corrected chi connectivity index (χ3v) is 4.35. The molecule has 1 amide bonds. The van der Waals surface area contributed by atoms with Gasteiger partial charge in [-0.1, -0.05) is 20.8 Å². The summed E-state index contributed by atoms with van der Waals surface area (Å²) >= 11 is 0. The number of hydrogen-bond donors (Lipinski definition) is 1. The number of rotatable bonds is 5. The number of halogens is 3. The standard InChI is InChI=1S/C17H27F3N4O/c1-16(2,3)15(25)22-9-13-5-4-7-23(10-13)11-14-21-6-8-24(14)12-17(18,19)20/h6,8,13H,4-5,7,9-12H2,1-3H3,(H,22,25). The van der Waals surface area contributed by atoms with Gasteiger partial charge < -0.3 is 9.88 Å². The molecule has 0 spiro atoms. The van der Waals surface area contributed by atoms with Gasteiger partial charge >= 0.3 is 6.18 Å². The van der Waals surface area contributed by atoms with Crippen LogP contribution < -0.4 is 5.32 Å². The molecule has 1 aromatic heterocycles. The molecule has 2 rings (SSSR count). The van der Waals surface area contributed by atoms with E-state index in [2.05, 4.69) is 15.2 Å². The monoisotopic (exact) mass is 360 g/mol. The van der Waals surface area contributed by atoms with Crippen LogP contribution >= 0.6 is 0 Å². The van der Waals surface area contributed by atoms with Gasteiger partial charge in [0.2, 0.25) is 5.91 Å². The Morgan fingerprint density at radius 1 is 1.36 bits per heavy atom. The lowest BCUT2D eigenvalue weighted by atomic mass is 9.94. The third kappa shape index (κ3) is 6.34. The van der Waals surface area contributed by atoms with E-state index in [1.807, 2.05) is 20.8 Å². The molecule has 8 heteroatoms. The normalized spacial score (nSPS) is 19.8. The van der Waals surface area contributed by atoms with Crippen LogP contribution in [0.25, 0.3) is 0 Å². The number of nitrogens with zero attached hydrogens (tertiary/aromatic N) is 3. The zero-order valence-corrected chi connectivity index (χ0v) is 15.1. The quantitative estimate of drug-likeness (QED) is 0.878. The first-order chi connectivity index (χ1) is 11.5. The minimum atomic E-state index is -4.25. The molecule has 0 aliphatic carbocycles. The molecule has 1 fully saturated rings. The predicted octanol–water partition coefficient (Wildman–Crippen LogP) is 2.82. The Bertz CT molecular complexity index is 577. The Balaban J connectivity index is 1.88. The number of imidazole rings is 1. The number of aromatic nitrogens is 2. The highest BCUT2D eigenvalue weighted by Crippen LogP contribution is 2.21. The van der Waals surface area contributed by atoms with Gasteiger partial charge in [0, 0.05) is 30.9 Å². The summed E-state index contributed by atoms with van der Waals surface area (Å²) in [4.78, 5) is 18.2. The van der Waals surface area contributed by atoms with E-state index >= 15 is 0 Å². The second kappa shape index (κ2) is 7.76. The van der Waals surface area contributed by atoms with E-state index in [1.54, 1.807) is 0 Å². The maximum Gasteiger partial charge on any atom is 0.406 e. The van der Waals surface area contributed by atoms with Crippen LogP contribution in [0.4, 0.5) is 13.2 Å². The van der Waals surface area contributed by atoms with Gasteiger partial charge in [-0.15, -0.1) is 0 Å². The van der Waals surface area contributed by atoms with Gasteiger partial charge in [-0.2, -0.15) is 13.2 Å². The maximum absolute atomic E-state index is 12.6. The average molecular weight is 360 g/mol. The predicted molar refractivity (Wildman–Crippen MR) is 88.7 cm³/mol. The Labute approximate surface area is 146 Å². The molecule has 1 atom stereocenters. The number of carbonyl (C=O) groups excluding carboxylic acids is 1. The van der Waals surface area contributed by atoms with Crippen LogP contribution in [0.3, 0.4) is 0 Å². The number of carbonyl (C=O) groups is 1. The summed E-state index contributed by atoms with van der Waals surface area (Å²) in [5.74, 6) is 0.758. The van der Waals surface area contributed by atoms with Gasteiger partial charge in [-0.25, -0.2) is 4.98 Å². The minimum Gasteiger partial charge on any atom is -0.355 e. The summed E-state index contributed by atoms with van der Waals surface area (Å²) in [5.41, 5.74) is -0.420. The van der Waals surface area contributed by atoms with Crippen molar-refractivity contribution in [2.75, 3.05) is 19.6 Å². The number of alkyl halides is 3. The Morgan fingerprint density at radius 2 is 2.08 bits per heavy atom. The van der Waals surface area contributed by atoms with Crippen LogP contribution in [0.2, 0.25) is 0 Å². The number of piperidine rings is 1. The fourth-order valence-electron chi connectivity index (χ4n) is 2.99. The lowest BCUT2D eigenvalue weighted by molar-refractivity contribution is -0.141. The summed E-state index contributed by atoms with van der Waals surface area (Å²) in [6, 6.07) is 0. The first-order valence-corrected chi connectivity index (χ1v) is 8.62. The lowest BCUT2D eigenvalue weighted by Crippen LogP contribution is -2.43. The van der Waals surface area contributed by atoms with Gasteiger partial charge in [-0.05, 0) is 25.3 Å². The van der Waals surface area contributed by atoms with Gasteiger partial charge in [-0.3, -0.25) is 9.69 Å². The van der Waals surface area contributed by atoms with Crippen molar-refractivity contribution in [3.05, 3.63) is 18.2 Å². The molecule has 1 unspecified atom stereocenters. The van der Waals surface area contributed by atoms with Crippen molar-refractivity contribution in [1.82, 2.24) is 19.8 Å². The zero-order chi connectivity index (χ0) is 18.7. The molecule has 1 aromatic rings. The maximum atomic E-state index is 12.6. The van der Waals surface area contributed by atoms with Crippen LogP contribution in [0.15, 0.2) is 12.4 Å². The third-order valence-electron chi connectivity index (χ3n) is 4.35. The van der Waals surface area contributed by atoms with E-state index in [9.17, 15) is 18.0 Å². The van der Waals surface area contributed by atoms with Crippen molar-refractivity contribution in [3.8, 4) is 0 Å². The van der Waals surface area contributed by atoms with Crippen LogP contribution in [0.1, 0.15) is 39.4 Å². The Morgan fingerprint density at radius 3 is 2.72 bits per heavy atom. The SMILES string of the molecule is CC(C)(C)C(=O)NCC1CCCN(Cc2nccn2CC(F)(F)F)C1. The van der Waals surface area contributed by atoms with Gasteiger partial charge in [0.05, 0.1) is 6.54 Å². The largest absolute Gasteiger partial charge is 0.406 e. The van der Waals surface area contributed by atoms with Crippen molar-refractivity contribution < 1.29 is 18.0 Å². The molecular weight excluding hydrogens is 333 g/mol. The fraction of sp³-hybridized carbons (Fsp3) is 0.765. The highest BCUT2D eigenvalue weighted by molar-refractivity contribution is 5.81. The molecule has 0 aromatic carbocycles. The molecule has 0 radical (unpaired) electrons. The van der Waals surface area contributed by atoms with Crippen molar-refractivity contribution in [3.63, 3.8) is 0 Å². The Hall–Kier alpha value is -1.57. The van der Waals surface area contributed by atoms with Crippen LogP contribution in [0, 0.1) is 11.3 Å². The van der Waals surface area contributed by atoms with Crippen molar-refractivity contribution in [1.29, 1.82) is 0 Å². The van der Waals surface area contributed by atoms with Gasteiger partial charge in [0.25, 0.3) is 0 Å². The topological polar surface area (TPSA) is 50.2 Å². The highest BCUT2D eigenvalue weighted by atomic mass is 19.4. The van der Waals surface area contributed by atoms with Crippen molar-refractivity contribution in [2.24, 2.45) is 11.3 Å². The lowest BCUT2D eigenvalue weighted by Gasteiger charge is -2.33. The van der Waals surface area contributed by atoms with E-state index in [4.69, 9.17) is 0 Å². The molecule has 5 nitrogen and oxygen atoms in total. The summed E-state index contributed by atoms with van der Waals surface area (Å²) in [6.07, 6.45) is 0.505. The molecule has 1 aliphatic heterocycles. The van der Waals surface area contributed by atoms with E-state index in [0.29, 0.717) is 24.8 Å². The molecule has 1 aliphatic rings. The van der Waals surface area contributed by atoms with Crippen LogP contribution in [-0.4, -0.2) is 46.2 Å². The van der Waals surface area contributed by atoms with Gasteiger partial charge in [0.15, 0.2) is 0 Å². The van der Waals surface area contributed by atoms with Crippen LogP contribution in [-0.2, 0) is 17.9 Å². The molecule has 0 bridgehead atoms. The second-order valence-corrected chi connectivity index (χ2v) is 7.79. The van der Waals surface area contributed by atoms with E-state index in [-0.39, 0.29) is 5.91 Å². The molecule has 2 heterocycles. The molecule has 1 saturated heterocycles. The molecule has 1 N–H and O–H groups in total. The summed E-state index contributed by atoms with van der Waals surface area (Å²) in [5, 5.41) is 2.98. The zero-order valence-electron chi connectivity index (χ0n) is 15.1. The van der Waals surface area contributed by atoms with E-state index < -0.39 is 18.1 Å². The van der Waals surface area contributed by atoms with Crippen molar-refractivity contribution >= 4 is 5.91 Å².